The van der Waals surface area contributed by atoms with E-state index in [4.69, 9.17) is 25.5 Å². The fourth-order valence-corrected chi connectivity index (χ4v) is 3.83. The van der Waals surface area contributed by atoms with Gasteiger partial charge in [-0.1, -0.05) is 11.6 Å². The minimum atomic E-state index is -0.138. The molecular formula is C27H26ClNO4. The molecule has 0 aliphatic carbocycles. The first-order chi connectivity index (χ1) is 16.0. The molecule has 0 aliphatic rings. The van der Waals surface area contributed by atoms with Crippen LogP contribution in [0.5, 0.6) is 11.5 Å². The average molecular weight is 464 g/mol. The molecule has 0 aliphatic heterocycles. The molecule has 0 radical (unpaired) electrons. The number of ketones is 1. The van der Waals surface area contributed by atoms with Crippen LogP contribution in [0, 0.1) is 0 Å². The van der Waals surface area contributed by atoms with Crippen LogP contribution in [0.3, 0.4) is 0 Å². The highest BCUT2D eigenvalue weighted by atomic mass is 35.5. The highest BCUT2D eigenvalue weighted by Gasteiger charge is 2.23. The van der Waals surface area contributed by atoms with Crippen LogP contribution in [0.1, 0.15) is 22.3 Å². The van der Waals surface area contributed by atoms with Gasteiger partial charge < -0.3 is 18.8 Å². The molecular weight excluding hydrogens is 438 g/mol. The smallest absolute Gasteiger partial charge is 0.197 e. The van der Waals surface area contributed by atoms with Gasteiger partial charge >= 0.3 is 0 Å². The van der Waals surface area contributed by atoms with Crippen molar-refractivity contribution < 1.29 is 18.7 Å². The van der Waals surface area contributed by atoms with Crippen LogP contribution >= 0.6 is 11.6 Å². The number of carbonyl (C=O) groups excluding carboxylic acids is 1. The van der Waals surface area contributed by atoms with Crippen LogP contribution in [0.2, 0.25) is 5.02 Å². The summed E-state index contributed by atoms with van der Waals surface area (Å²) in [5.74, 6) is 1.83. The largest absolute Gasteiger partial charge is 0.497 e. The van der Waals surface area contributed by atoms with Gasteiger partial charge in [-0.05, 0) is 87.2 Å². The highest BCUT2D eigenvalue weighted by molar-refractivity contribution is 6.32. The van der Waals surface area contributed by atoms with Crippen LogP contribution < -0.4 is 9.47 Å². The SMILES string of the molecule is COc1ccc(-c2oc3ccc(Cl)cc3c2C(=O)c2ccc(OCCCN(C)C)cc2)cc1. The minimum absolute atomic E-state index is 0.138. The standard InChI is InChI=1S/C27H26ClNO4/c1-29(2)15-4-16-32-22-12-5-18(6-13-22)26(30)25-23-17-20(28)9-14-24(23)33-27(25)19-7-10-21(31-3)11-8-19/h5-14,17H,4,15-16H2,1-3H3. The molecule has 5 nitrogen and oxygen atoms in total. The van der Waals surface area contributed by atoms with Crippen molar-refractivity contribution in [3.8, 4) is 22.8 Å². The van der Waals surface area contributed by atoms with Crippen molar-refractivity contribution >= 4 is 28.4 Å². The van der Waals surface area contributed by atoms with Gasteiger partial charge in [0.05, 0.1) is 19.3 Å². The number of rotatable bonds is 9. The van der Waals surface area contributed by atoms with E-state index in [-0.39, 0.29) is 5.78 Å². The second kappa shape index (κ2) is 10.1. The number of benzene rings is 3. The number of furan rings is 1. The average Bonchev–Trinajstić information content (AvgIpc) is 3.20. The number of hydrogen-bond donors (Lipinski definition) is 0. The molecule has 1 heterocycles. The van der Waals surface area contributed by atoms with E-state index in [1.54, 1.807) is 37.4 Å². The molecule has 0 atom stereocenters. The van der Waals surface area contributed by atoms with Crippen LogP contribution in [-0.4, -0.2) is 45.0 Å². The summed E-state index contributed by atoms with van der Waals surface area (Å²) in [5.41, 5.74) is 2.42. The summed E-state index contributed by atoms with van der Waals surface area (Å²) in [6.45, 7) is 1.58. The minimum Gasteiger partial charge on any atom is -0.497 e. The van der Waals surface area contributed by atoms with E-state index < -0.39 is 0 Å². The number of carbonyl (C=O) groups is 1. The molecule has 0 bridgehead atoms. The van der Waals surface area contributed by atoms with E-state index in [1.165, 1.54) is 0 Å². The maximum absolute atomic E-state index is 13.6. The Bertz CT molecular complexity index is 1240. The van der Waals surface area contributed by atoms with Crippen molar-refractivity contribution in [2.75, 3.05) is 34.4 Å². The molecule has 170 valence electrons. The van der Waals surface area contributed by atoms with Gasteiger partial charge in [0.1, 0.15) is 22.8 Å². The molecule has 6 heteroatoms. The summed E-state index contributed by atoms with van der Waals surface area (Å²) in [7, 11) is 5.68. The molecule has 0 spiro atoms. The van der Waals surface area contributed by atoms with Gasteiger partial charge in [0.15, 0.2) is 5.78 Å². The van der Waals surface area contributed by atoms with Crippen LogP contribution in [0.15, 0.2) is 71.1 Å². The van der Waals surface area contributed by atoms with Gasteiger partial charge in [0.2, 0.25) is 0 Å². The molecule has 0 amide bonds. The second-order valence-corrected chi connectivity index (χ2v) is 8.47. The Balaban J connectivity index is 1.66. The summed E-state index contributed by atoms with van der Waals surface area (Å²) in [6.07, 6.45) is 0.931. The van der Waals surface area contributed by atoms with Crippen molar-refractivity contribution in [2.45, 2.75) is 6.42 Å². The molecule has 1 aromatic heterocycles. The Hall–Kier alpha value is -3.28. The summed E-state index contributed by atoms with van der Waals surface area (Å²) in [6, 6.07) is 19.9. The van der Waals surface area contributed by atoms with Crippen molar-refractivity contribution in [2.24, 2.45) is 0 Å². The zero-order valence-electron chi connectivity index (χ0n) is 18.9. The second-order valence-electron chi connectivity index (χ2n) is 8.03. The van der Waals surface area contributed by atoms with E-state index in [0.29, 0.717) is 39.5 Å². The summed E-state index contributed by atoms with van der Waals surface area (Å²) < 4.78 is 17.2. The summed E-state index contributed by atoms with van der Waals surface area (Å²) in [5, 5.41) is 1.22. The van der Waals surface area contributed by atoms with Crippen molar-refractivity contribution in [3.63, 3.8) is 0 Å². The fourth-order valence-electron chi connectivity index (χ4n) is 3.66. The monoisotopic (exact) mass is 463 g/mol. The Morgan fingerprint density at radius 3 is 2.33 bits per heavy atom. The van der Waals surface area contributed by atoms with Gasteiger partial charge in [-0.3, -0.25) is 4.79 Å². The number of hydrogen-bond acceptors (Lipinski definition) is 5. The maximum Gasteiger partial charge on any atom is 0.197 e. The first kappa shape index (κ1) is 22.9. The molecule has 4 aromatic rings. The van der Waals surface area contributed by atoms with Gasteiger partial charge in [-0.2, -0.15) is 0 Å². The van der Waals surface area contributed by atoms with Gasteiger partial charge in [0.25, 0.3) is 0 Å². The van der Waals surface area contributed by atoms with Crippen molar-refractivity contribution in [3.05, 3.63) is 82.9 Å². The highest BCUT2D eigenvalue weighted by Crippen LogP contribution is 2.37. The predicted molar refractivity (Wildman–Crippen MR) is 132 cm³/mol. The third kappa shape index (κ3) is 5.21. The first-order valence-corrected chi connectivity index (χ1v) is 11.1. The van der Waals surface area contributed by atoms with Crippen molar-refractivity contribution in [1.82, 2.24) is 4.90 Å². The Morgan fingerprint density at radius 1 is 0.970 bits per heavy atom. The third-order valence-electron chi connectivity index (χ3n) is 5.36. The number of fused-ring (bicyclic) bond motifs is 1. The molecule has 3 aromatic carbocycles. The Morgan fingerprint density at radius 2 is 1.67 bits per heavy atom. The molecule has 33 heavy (non-hydrogen) atoms. The fraction of sp³-hybridized carbons (Fsp3) is 0.222. The molecule has 0 saturated carbocycles. The predicted octanol–water partition coefficient (Wildman–Crippen LogP) is 6.32. The molecule has 0 N–H and O–H groups in total. The van der Waals surface area contributed by atoms with Crippen LogP contribution in [0.4, 0.5) is 0 Å². The van der Waals surface area contributed by atoms with Crippen LogP contribution in [-0.2, 0) is 0 Å². The van der Waals surface area contributed by atoms with Gasteiger partial charge in [-0.15, -0.1) is 0 Å². The molecule has 0 saturated heterocycles. The lowest BCUT2D eigenvalue weighted by atomic mass is 9.97. The summed E-state index contributed by atoms with van der Waals surface area (Å²) in [4.78, 5) is 15.7. The summed E-state index contributed by atoms with van der Waals surface area (Å²) >= 11 is 6.25. The molecule has 4 rings (SSSR count). The van der Waals surface area contributed by atoms with E-state index in [1.807, 2.05) is 50.5 Å². The zero-order chi connectivity index (χ0) is 23.4. The van der Waals surface area contributed by atoms with E-state index in [0.717, 1.165) is 30.0 Å². The quantitative estimate of drug-likeness (QED) is 0.214. The lowest BCUT2D eigenvalue weighted by Crippen LogP contribution is -2.15. The van der Waals surface area contributed by atoms with Crippen molar-refractivity contribution in [1.29, 1.82) is 0 Å². The molecule has 0 fully saturated rings. The number of halogens is 1. The van der Waals surface area contributed by atoms with Gasteiger partial charge in [0, 0.05) is 28.1 Å². The van der Waals surface area contributed by atoms with Crippen LogP contribution in [0.25, 0.3) is 22.3 Å². The maximum atomic E-state index is 13.6. The molecule has 0 unspecified atom stereocenters. The van der Waals surface area contributed by atoms with Gasteiger partial charge in [-0.25, -0.2) is 0 Å². The van der Waals surface area contributed by atoms with E-state index in [2.05, 4.69) is 4.90 Å². The topological polar surface area (TPSA) is 51.9 Å². The van der Waals surface area contributed by atoms with E-state index in [9.17, 15) is 4.79 Å². The first-order valence-electron chi connectivity index (χ1n) is 10.7. The lowest BCUT2D eigenvalue weighted by molar-refractivity contribution is 0.104. The Labute approximate surface area is 198 Å². The third-order valence-corrected chi connectivity index (χ3v) is 5.60. The number of ether oxygens (including phenoxy) is 2. The normalized spacial score (nSPS) is 11.2. The lowest BCUT2D eigenvalue weighted by Gasteiger charge is -2.10. The Kier molecular flexibility index (Phi) is 7.02. The zero-order valence-corrected chi connectivity index (χ0v) is 19.7. The van der Waals surface area contributed by atoms with E-state index >= 15 is 0 Å². The number of methoxy groups -OCH3 is 1. The number of nitrogens with zero attached hydrogens (tertiary/aromatic N) is 1.